The minimum atomic E-state index is -4.19. The van der Waals surface area contributed by atoms with Crippen LogP contribution < -0.4 is 10.0 Å². The number of thiophene rings is 1. The van der Waals surface area contributed by atoms with Crippen LogP contribution in [-0.2, 0) is 23.0 Å². The third kappa shape index (κ3) is 3.63. The van der Waals surface area contributed by atoms with Gasteiger partial charge in [-0.2, -0.15) is 0 Å². The van der Waals surface area contributed by atoms with E-state index in [1.54, 1.807) is 0 Å². The number of hydrogen-bond donors (Lipinski definition) is 3. The molecule has 1 aliphatic rings. The van der Waals surface area contributed by atoms with Crippen LogP contribution in [0.4, 0.5) is 8.78 Å². The highest BCUT2D eigenvalue weighted by Crippen LogP contribution is 2.35. The first-order chi connectivity index (χ1) is 12.2. The Bertz CT molecular complexity index is 953. The molecule has 0 saturated carbocycles. The summed E-state index contributed by atoms with van der Waals surface area (Å²) in [6, 6.07) is 1.80. The van der Waals surface area contributed by atoms with Crippen LogP contribution in [-0.4, -0.2) is 26.0 Å². The number of aromatic carboxylic acids is 1. The molecule has 0 saturated heterocycles. The summed E-state index contributed by atoms with van der Waals surface area (Å²) in [7, 11) is -4.19. The maximum absolute atomic E-state index is 13.4. The van der Waals surface area contributed by atoms with Crippen LogP contribution in [0.3, 0.4) is 0 Å². The third-order valence-corrected chi connectivity index (χ3v) is 7.36. The average molecular weight is 402 g/mol. The topological polar surface area (TPSA) is 95.5 Å². The number of hydrogen-bond acceptors (Lipinski definition) is 5. The van der Waals surface area contributed by atoms with Crippen LogP contribution in [0.1, 0.15) is 39.3 Å². The normalized spacial score (nSPS) is 15.5. The average Bonchev–Trinajstić information content (AvgIpc) is 2.94. The van der Waals surface area contributed by atoms with E-state index in [1.165, 1.54) is 6.92 Å². The predicted octanol–water partition coefficient (Wildman–Crippen LogP) is 2.41. The van der Waals surface area contributed by atoms with Crippen molar-refractivity contribution in [2.75, 3.05) is 6.54 Å². The Morgan fingerprint density at radius 2 is 1.96 bits per heavy atom. The van der Waals surface area contributed by atoms with Crippen molar-refractivity contribution in [3.63, 3.8) is 0 Å². The molecule has 1 aromatic heterocycles. The number of nitrogens with one attached hydrogen (secondary N) is 2. The SMILES string of the molecule is C[C@H](NS(=O)(=O)c1sc2c(c1C(=O)O)CCNC2)c1cc(F)cc(F)c1. The van der Waals surface area contributed by atoms with E-state index in [-0.39, 0.29) is 15.3 Å². The van der Waals surface area contributed by atoms with Crippen LogP contribution in [0.25, 0.3) is 0 Å². The highest BCUT2D eigenvalue weighted by molar-refractivity contribution is 7.91. The number of sulfonamides is 1. The fourth-order valence-electron chi connectivity index (χ4n) is 2.89. The lowest BCUT2D eigenvalue weighted by Gasteiger charge is -2.15. The zero-order valence-corrected chi connectivity index (χ0v) is 15.3. The summed E-state index contributed by atoms with van der Waals surface area (Å²) in [6.45, 7) is 2.40. The van der Waals surface area contributed by atoms with Gasteiger partial charge in [0.2, 0.25) is 0 Å². The molecule has 1 atom stereocenters. The van der Waals surface area contributed by atoms with Crippen molar-refractivity contribution < 1.29 is 27.1 Å². The van der Waals surface area contributed by atoms with Gasteiger partial charge < -0.3 is 10.4 Å². The maximum atomic E-state index is 13.4. The minimum Gasteiger partial charge on any atom is -0.478 e. The van der Waals surface area contributed by atoms with E-state index in [1.807, 2.05) is 0 Å². The van der Waals surface area contributed by atoms with Gasteiger partial charge in [0.1, 0.15) is 15.8 Å². The summed E-state index contributed by atoms with van der Waals surface area (Å²) in [5, 5.41) is 12.6. The van der Waals surface area contributed by atoms with Gasteiger partial charge in [0.05, 0.1) is 5.56 Å². The first-order valence-corrected chi connectivity index (χ1v) is 10.1. The molecule has 0 fully saturated rings. The lowest BCUT2D eigenvalue weighted by molar-refractivity contribution is 0.0692. The molecular weight excluding hydrogens is 386 g/mol. The van der Waals surface area contributed by atoms with E-state index in [2.05, 4.69) is 10.0 Å². The van der Waals surface area contributed by atoms with Gasteiger partial charge in [0, 0.05) is 23.5 Å². The Kier molecular flexibility index (Phi) is 5.11. The van der Waals surface area contributed by atoms with Gasteiger partial charge in [-0.3, -0.25) is 0 Å². The van der Waals surface area contributed by atoms with E-state index in [0.717, 1.165) is 23.5 Å². The second kappa shape index (κ2) is 7.03. The molecule has 2 aromatic rings. The summed E-state index contributed by atoms with van der Waals surface area (Å²) in [4.78, 5) is 12.3. The van der Waals surface area contributed by atoms with Gasteiger partial charge in [-0.25, -0.2) is 26.7 Å². The van der Waals surface area contributed by atoms with Crippen molar-refractivity contribution in [2.45, 2.75) is 30.1 Å². The Balaban J connectivity index is 1.98. The molecule has 3 N–H and O–H groups in total. The zero-order chi connectivity index (χ0) is 19.1. The number of carboxylic acids is 1. The van der Waals surface area contributed by atoms with Gasteiger partial charge in [0.25, 0.3) is 10.0 Å². The van der Waals surface area contributed by atoms with Crippen molar-refractivity contribution in [2.24, 2.45) is 0 Å². The Morgan fingerprint density at radius 3 is 2.58 bits per heavy atom. The highest BCUT2D eigenvalue weighted by atomic mass is 32.2. The highest BCUT2D eigenvalue weighted by Gasteiger charge is 2.32. The van der Waals surface area contributed by atoms with Crippen LogP contribution >= 0.6 is 11.3 Å². The van der Waals surface area contributed by atoms with Gasteiger partial charge in [-0.05, 0) is 43.1 Å². The molecule has 6 nitrogen and oxygen atoms in total. The maximum Gasteiger partial charge on any atom is 0.338 e. The molecule has 0 radical (unpaired) electrons. The van der Waals surface area contributed by atoms with Gasteiger partial charge in [-0.1, -0.05) is 0 Å². The van der Waals surface area contributed by atoms with Crippen molar-refractivity contribution >= 4 is 27.3 Å². The van der Waals surface area contributed by atoms with E-state index < -0.39 is 33.7 Å². The fourth-order valence-corrected chi connectivity index (χ4v) is 6.01. The molecule has 26 heavy (non-hydrogen) atoms. The molecule has 0 bridgehead atoms. The molecule has 140 valence electrons. The molecule has 1 aliphatic heterocycles. The number of carboxylic acid groups (broad SMARTS) is 1. The largest absolute Gasteiger partial charge is 0.478 e. The molecule has 0 amide bonds. The van der Waals surface area contributed by atoms with Crippen molar-refractivity contribution in [1.82, 2.24) is 10.0 Å². The number of rotatable bonds is 5. The Morgan fingerprint density at radius 1 is 1.31 bits per heavy atom. The predicted molar refractivity (Wildman–Crippen MR) is 91.8 cm³/mol. The smallest absolute Gasteiger partial charge is 0.338 e. The Labute approximate surface area is 152 Å². The van der Waals surface area contributed by atoms with Crippen LogP contribution in [0, 0.1) is 11.6 Å². The third-order valence-electron chi connectivity index (χ3n) is 4.07. The monoisotopic (exact) mass is 402 g/mol. The van der Waals surface area contributed by atoms with Gasteiger partial charge in [-0.15, -0.1) is 11.3 Å². The standard InChI is InChI=1S/C16H16F2N2O4S2/c1-8(9-4-10(17)6-11(18)5-9)20-26(23,24)16-14(15(21)22)12-2-3-19-7-13(12)25-16/h4-6,8,19-20H,2-3,7H2,1H3,(H,21,22)/t8-/m0/s1. The van der Waals surface area contributed by atoms with E-state index in [9.17, 15) is 27.1 Å². The van der Waals surface area contributed by atoms with Crippen LogP contribution in [0.5, 0.6) is 0 Å². The summed E-state index contributed by atoms with van der Waals surface area (Å²) < 4.78 is 54.3. The molecular formula is C16H16F2N2O4S2. The van der Waals surface area contributed by atoms with Crippen LogP contribution in [0.15, 0.2) is 22.4 Å². The molecule has 2 heterocycles. The Hall–Kier alpha value is -1.88. The lowest BCUT2D eigenvalue weighted by atomic mass is 10.1. The van der Waals surface area contributed by atoms with E-state index in [0.29, 0.717) is 36.0 Å². The quantitative estimate of drug-likeness (QED) is 0.714. The summed E-state index contributed by atoms with van der Waals surface area (Å²) in [5.41, 5.74) is 0.397. The fraction of sp³-hybridized carbons (Fsp3) is 0.312. The summed E-state index contributed by atoms with van der Waals surface area (Å²) in [6.07, 6.45) is 0.424. The van der Waals surface area contributed by atoms with Gasteiger partial charge in [0.15, 0.2) is 0 Å². The van der Waals surface area contributed by atoms with Gasteiger partial charge >= 0.3 is 5.97 Å². The molecule has 0 aliphatic carbocycles. The van der Waals surface area contributed by atoms with E-state index in [4.69, 9.17) is 0 Å². The summed E-state index contributed by atoms with van der Waals surface area (Å²) >= 11 is 0.899. The lowest BCUT2D eigenvalue weighted by Crippen LogP contribution is -2.28. The number of benzene rings is 1. The molecule has 10 heteroatoms. The van der Waals surface area contributed by atoms with Crippen molar-refractivity contribution in [3.8, 4) is 0 Å². The number of fused-ring (bicyclic) bond motifs is 1. The van der Waals surface area contributed by atoms with Crippen molar-refractivity contribution in [1.29, 1.82) is 0 Å². The first kappa shape index (κ1) is 18.9. The molecule has 3 rings (SSSR count). The first-order valence-electron chi connectivity index (χ1n) is 7.76. The summed E-state index contributed by atoms with van der Waals surface area (Å²) in [5.74, 6) is -2.96. The van der Waals surface area contributed by atoms with Crippen molar-refractivity contribution in [3.05, 3.63) is 51.4 Å². The molecule has 0 spiro atoms. The van der Waals surface area contributed by atoms with Crippen LogP contribution in [0.2, 0.25) is 0 Å². The molecule has 0 unspecified atom stereocenters. The number of halogens is 2. The zero-order valence-electron chi connectivity index (χ0n) is 13.7. The van der Waals surface area contributed by atoms with E-state index >= 15 is 0 Å². The molecule has 1 aromatic carbocycles. The second-order valence-corrected chi connectivity index (χ2v) is 8.96. The second-order valence-electron chi connectivity index (χ2n) is 5.94. The minimum absolute atomic E-state index is 0.103. The number of carbonyl (C=O) groups is 1.